The number of sulfonamides is 1. The molecule has 20 heavy (non-hydrogen) atoms. The predicted molar refractivity (Wildman–Crippen MR) is 81.6 cm³/mol. The summed E-state index contributed by atoms with van der Waals surface area (Å²) in [6, 6.07) is 7.81. The van der Waals surface area contributed by atoms with Crippen molar-refractivity contribution in [3.05, 3.63) is 35.4 Å². The van der Waals surface area contributed by atoms with E-state index in [-0.39, 0.29) is 17.8 Å². The zero-order valence-electron chi connectivity index (χ0n) is 12.2. The van der Waals surface area contributed by atoms with Gasteiger partial charge in [-0.3, -0.25) is 0 Å². The smallest absolute Gasteiger partial charge is 0.218 e. The molecule has 5 heteroatoms. The maximum absolute atomic E-state index is 12.7. The van der Waals surface area contributed by atoms with Gasteiger partial charge in [0, 0.05) is 18.6 Å². The molecule has 0 spiro atoms. The molecule has 0 radical (unpaired) electrons. The SMILES string of the molecule is CCC1CCC(C)N1S(=O)(=O)Cc1cccc(CN)c1. The third kappa shape index (κ3) is 3.22. The number of benzene rings is 1. The first-order valence-corrected chi connectivity index (χ1v) is 8.88. The van der Waals surface area contributed by atoms with Crippen LogP contribution in [0.5, 0.6) is 0 Å². The van der Waals surface area contributed by atoms with Gasteiger partial charge in [0.2, 0.25) is 10.0 Å². The molecule has 1 aromatic carbocycles. The van der Waals surface area contributed by atoms with E-state index in [1.807, 2.05) is 31.2 Å². The summed E-state index contributed by atoms with van der Waals surface area (Å²) >= 11 is 0. The lowest BCUT2D eigenvalue weighted by Gasteiger charge is -2.27. The summed E-state index contributed by atoms with van der Waals surface area (Å²) in [4.78, 5) is 0. The number of nitrogens with two attached hydrogens (primary N) is 1. The largest absolute Gasteiger partial charge is 0.326 e. The first-order valence-electron chi connectivity index (χ1n) is 7.27. The van der Waals surface area contributed by atoms with Crippen LogP contribution in [0.25, 0.3) is 0 Å². The molecule has 1 heterocycles. The molecule has 0 amide bonds. The van der Waals surface area contributed by atoms with E-state index in [2.05, 4.69) is 6.92 Å². The van der Waals surface area contributed by atoms with Crippen LogP contribution in [0.1, 0.15) is 44.2 Å². The van der Waals surface area contributed by atoms with Crippen molar-refractivity contribution in [3.63, 3.8) is 0 Å². The molecule has 2 rings (SSSR count). The second-order valence-electron chi connectivity index (χ2n) is 5.60. The summed E-state index contributed by atoms with van der Waals surface area (Å²) in [5, 5.41) is 0. The van der Waals surface area contributed by atoms with E-state index >= 15 is 0 Å². The van der Waals surface area contributed by atoms with Crippen molar-refractivity contribution in [3.8, 4) is 0 Å². The van der Waals surface area contributed by atoms with Crippen molar-refractivity contribution in [2.45, 2.75) is 57.5 Å². The van der Waals surface area contributed by atoms with Gasteiger partial charge in [0.15, 0.2) is 0 Å². The average Bonchev–Trinajstić information content (AvgIpc) is 2.80. The lowest BCUT2D eigenvalue weighted by atomic mass is 10.1. The molecule has 0 aliphatic carbocycles. The van der Waals surface area contributed by atoms with Crippen molar-refractivity contribution in [2.24, 2.45) is 5.73 Å². The Bertz CT molecular complexity index is 557. The molecule has 4 nitrogen and oxygen atoms in total. The highest BCUT2D eigenvalue weighted by Crippen LogP contribution is 2.30. The van der Waals surface area contributed by atoms with E-state index in [0.717, 1.165) is 30.4 Å². The van der Waals surface area contributed by atoms with Crippen LogP contribution < -0.4 is 5.73 Å². The maximum Gasteiger partial charge on any atom is 0.218 e. The Hall–Kier alpha value is -0.910. The Morgan fingerprint density at radius 2 is 2.00 bits per heavy atom. The van der Waals surface area contributed by atoms with Gasteiger partial charge in [-0.05, 0) is 37.3 Å². The van der Waals surface area contributed by atoms with E-state index in [1.54, 1.807) is 4.31 Å². The number of rotatable bonds is 5. The highest BCUT2D eigenvalue weighted by Gasteiger charge is 2.37. The fourth-order valence-electron chi connectivity index (χ4n) is 3.06. The lowest BCUT2D eigenvalue weighted by Crippen LogP contribution is -2.40. The van der Waals surface area contributed by atoms with Gasteiger partial charge in [0.1, 0.15) is 0 Å². The second-order valence-corrected chi connectivity index (χ2v) is 7.47. The maximum atomic E-state index is 12.7. The molecule has 2 atom stereocenters. The second kappa shape index (κ2) is 6.24. The Morgan fingerprint density at radius 1 is 1.30 bits per heavy atom. The third-order valence-electron chi connectivity index (χ3n) is 4.08. The lowest BCUT2D eigenvalue weighted by molar-refractivity contribution is 0.328. The van der Waals surface area contributed by atoms with Crippen LogP contribution in [0.3, 0.4) is 0 Å². The molecule has 1 fully saturated rings. The van der Waals surface area contributed by atoms with Gasteiger partial charge in [0.05, 0.1) is 5.75 Å². The minimum Gasteiger partial charge on any atom is -0.326 e. The highest BCUT2D eigenvalue weighted by atomic mass is 32.2. The van der Waals surface area contributed by atoms with Gasteiger partial charge in [-0.15, -0.1) is 0 Å². The van der Waals surface area contributed by atoms with Crippen LogP contribution in [0.2, 0.25) is 0 Å². The Morgan fingerprint density at radius 3 is 2.65 bits per heavy atom. The van der Waals surface area contributed by atoms with Gasteiger partial charge >= 0.3 is 0 Å². The van der Waals surface area contributed by atoms with E-state index in [9.17, 15) is 8.42 Å². The molecular formula is C15H24N2O2S. The van der Waals surface area contributed by atoms with Crippen LogP contribution in [0.15, 0.2) is 24.3 Å². The summed E-state index contributed by atoms with van der Waals surface area (Å²) in [5.74, 6) is 0.0711. The van der Waals surface area contributed by atoms with Crippen molar-refractivity contribution < 1.29 is 8.42 Å². The topological polar surface area (TPSA) is 63.4 Å². The molecule has 0 aromatic heterocycles. The summed E-state index contributed by atoms with van der Waals surface area (Å²) in [6.45, 7) is 4.50. The molecule has 1 aliphatic heterocycles. The fourth-order valence-corrected chi connectivity index (χ4v) is 5.18. The van der Waals surface area contributed by atoms with Crippen molar-refractivity contribution in [1.29, 1.82) is 0 Å². The summed E-state index contributed by atoms with van der Waals surface area (Å²) < 4.78 is 27.1. The normalized spacial score (nSPS) is 24.1. The molecule has 0 saturated carbocycles. The van der Waals surface area contributed by atoms with Crippen LogP contribution in [-0.4, -0.2) is 24.8 Å². The Balaban J connectivity index is 2.22. The Kier molecular flexibility index (Phi) is 4.83. The zero-order valence-corrected chi connectivity index (χ0v) is 13.1. The van der Waals surface area contributed by atoms with Gasteiger partial charge in [-0.2, -0.15) is 4.31 Å². The van der Waals surface area contributed by atoms with E-state index < -0.39 is 10.0 Å². The minimum atomic E-state index is -3.26. The first kappa shape index (κ1) is 15.5. The molecular weight excluding hydrogens is 272 g/mol. The fraction of sp³-hybridized carbons (Fsp3) is 0.600. The van der Waals surface area contributed by atoms with E-state index in [4.69, 9.17) is 5.73 Å². The third-order valence-corrected chi connectivity index (χ3v) is 6.08. The average molecular weight is 296 g/mol. The number of nitrogens with zero attached hydrogens (tertiary/aromatic N) is 1. The van der Waals surface area contributed by atoms with Gasteiger partial charge < -0.3 is 5.73 Å². The van der Waals surface area contributed by atoms with Crippen molar-refractivity contribution in [2.75, 3.05) is 0 Å². The molecule has 112 valence electrons. The molecule has 1 aromatic rings. The Labute approximate surface area is 122 Å². The molecule has 0 bridgehead atoms. The molecule has 1 aliphatic rings. The quantitative estimate of drug-likeness (QED) is 0.906. The summed E-state index contributed by atoms with van der Waals surface area (Å²) in [5.41, 5.74) is 7.40. The number of hydrogen-bond acceptors (Lipinski definition) is 3. The molecule has 1 saturated heterocycles. The summed E-state index contributed by atoms with van der Waals surface area (Å²) in [6.07, 6.45) is 2.81. The molecule has 2 unspecified atom stereocenters. The van der Waals surface area contributed by atoms with Gasteiger partial charge in [-0.25, -0.2) is 8.42 Å². The minimum absolute atomic E-state index is 0.0711. The standard InChI is InChI=1S/C15H24N2O2S/c1-3-15-8-7-12(2)17(15)20(18,19)11-14-6-4-5-13(9-14)10-16/h4-6,9,12,15H,3,7-8,10-11,16H2,1-2H3. The van der Waals surface area contributed by atoms with Gasteiger partial charge in [0.25, 0.3) is 0 Å². The van der Waals surface area contributed by atoms with Crippen LogP contribution in [0, 0.1) is 0 Å². The van der Waals surface area contributed by atoms with Crippen LogP contribution in [-0.2, 0) is 22.3 Å². The van der Waals surface area contributed by atoms with Crippen LogP contribution in [0.4, 0.5) is 0 Å². The monoisotopic (exact) mass is 296 g/mol. The number of hydrogen-bond donors (Lipinski definition) is 1. The van der Waals surface area contributed by atoms with Crippen molar-refractivity contribution in [1.82, 2.24) is 4.31 Å². The predicted octanol–water partition coefficient (Wildman–Crippen LogP) is 2.24. The first-order chi connectivity index (χ1) is 9.47. The molecule has 2 N–H and O–H groups in total. The summed E-state index contributed by atoms with van der Waals surface area (Å²) in [7, 11) is -3.26. The highest BCUT2D eigenvalue weighted by molar-refractivity contribution is 7.88. The van der Waals surface area contributed by atoms with Crippen molar-refractivity contribution >= 4 is 10.0 Å². The van der Waals surface area contributed by atoms with Crippen LogP contribution >= 0.6 is 0 Å². The van der Waals surface area contributed by atoms with E-state index in [1.165, 1.54) is 0 Å². The van der Waals surface area contributed by atoms with Gasteiger partial charge in [-0.1, -0.05) is 31.2 Å². The van der Waals surface area contributed by atoms with E-state index in [0.29, 0.717) is 6.54 Å². The zero-order chi connectivity index (χ0) is 14.8.